The number of alkyl halides is 2. The molecule has 0 N–H and O–H groups in total. The minimum absolute atomic E-state index is 0.0891. The third-order valence-electron chi connectivity index (χ3n) is 2.63. The van der Waals surface area contributed by atoms with Crippen LogP contribution in [0.1, 0.15) is 24.8 Å². The molecule has 0 amide bonds. The standard InChI is InChI=1S/C11H12BrF2N/c12-9-5-8(11(13)14)6-10(7-9)15-3-1-2-4-15/h5-7,11H,1-4H2. The Balaban J connectivity index is 2.30. The largest absolute Gasteiger partial charge is 0.371 e. The van der Waals surface area contributed by atoms with Crippen LogP contribution in [-0.2, 0) is 0 Å². The van der Waals surface area contributed by atoms with Gasteiger partial charge in [-0.25, -0.2) is 8.78 Å². The SMILES string of the molecule is FC(F)c1cc(Br)cc(N2CCCC2)c1. The van der Waals surface area contributed by atoms with Gasteiger partial charge < -0.3 is 4.90 Å². The van der Waals surface area contributed by atoms with Crippen molar-refractivity contribution < 1.29 is 8.78 Å². The van der Waals surface area contributed by atoms with Crippen LogP contribution in [0.2, 0.25) is 0 Å². The maximum absolute atomic E-state index is 12.6. The topological polar surface area (TPSA) is 3.24 Å². The molecule has 1 aliphatic rings. The fourth-order valence-corrected chi connectivity index (χ4v) is 2.38. The van der Waals surface area contributed by atoms with Crippen molar-refractivity contribution in [3.05, 3.63) is 28.2 Å². The van der Waals surface area contributed by atoms with E-state index in [2.05, 4.69) is 20.8 Å². The van der Waals surface area contributed by atoms with E-state index < -0.39 is 6.43 Å². The Morgan fingerprint density at radius 3 is 2.40 bits per heavy atom. The van der Waals surface area contributed by atoms with Crippen LogP contribution in [0.5, 0.6) is 0 Å². The Morgan fingerprint density at radius 2 is 1.80 bits per heavy atom. The molecular weight excluding hydrogens is 264 g/mol. The molecule has 0 radical (unpaired) electrons. The summed E-state index contributed by atoms with van der Waals surface area (Å²) in [5.41, 5.74) is 0.989. The molecule has 1 fully saturated rings. The van der Waals surface area contributed by atoms with Gasteiger partial charge in [0.1, 0.15) is 0 Å². The van der Waals surface area contributed by atoms with Crippen molar-refractivity contribution in [3.63, 3.8) is 0 Å². The highest BCUT2D eigenvalue weighted by molar-refractivity contribution is 9.10. The lowest BCUT2D eigenvalue weighted by Crippen LogP contribution is -2.17. The molecule has 1 aliphatic heterocycles. The van der Waals surface area contributed by atoms with E-state index in [0.29, 0.717) is 0 Å². The normalized spacial score (nSPS) is 16.4. The summed E-state index contributed by atoms with van der Waals surface area (Å²) in [5, 5.41) is 0. The predicted molar refractivity (Wildman–Crippen MR) is 60.5 cm³/mol. The summed E-state index contributed by atoms with van der Waals surface area (Å²) >= 11 is 3.27. The molecule has 15 heavy (non-hydrogen) atoms. The molecule has 0 spiro atoms. The summed E-state index contributed by atoms with van der Waals surface area (Å²) in [4.78, 5) is 2.15. The third kappa shape index (κ3) is 2.48. The molecule has 1 heterocycles. The zero-order valence-corrected chi connectivity index (χ0v) is 9.80. The van der Waals surface area contributed by atoms with E-state index in [9.17, 15) is 8.78 Å². The van der Waals surface area contributed by atoms with Gasteiger partial charge in [0.25, 0.3) is 6.43 Å². The van der Waals surface area contributed by atoms with Gasteiger partial charge in [-0.1, -0.05) is 15.9 Å². The van der Waals surface area contributed by atoms with E-state index in [4.69, 9.17) is 0 Å². The highest BCUT2D eigenvalue weighted by Gasteiger charge is 2.15. The lowest BCUT2D eigenvalue weighted by Gasteiger charge is -2.18. The maximum Gasteiger partial charge on any atom is 0.263 e. The number of nitrogens with zero attached hydrogens (tertiary/aromatic N) is 1. The predicted octanol–water partition coefficient (Wildman–Crippen LogP) is 3.99. The van der Waals surface area contributed by atoms with Gasteiger partial charge in [-0.2, -0.15) is 0 Å². The van der Waals surface area contributed by atoms with Crippen LogP contribution in [0.3, 0.4) is 0 Å². The van der Waals surface area contributed by atoms with Crippen LogP contribution in [0.25, 0.3) is 0 Å². The minimum Gasteiger partial charge on any atom is -0.371 e. The van der Waals surface area contributed by atoms with Gasteiger partial charge in [0.05, 0.1) is 0 Å². The second-order valence-corrected chi connectivity index (χ2v) is 4.65. The highest BCUT2D eigenvalue weighted by Crippen LogP contribution is 2.30. The first-order valence-electron chi connectivity index (χ1n) is 5.00. The number of hydrogen-bond acceptors (Lipinski definition) is 1. The lowest BCUT2D eigenvalue weighted by atomic mass is 10.2. The van der Waals surface area contributed by atoms with Gasteiger partial charge in [-0.15, -0.1) is 0 Å². The molecule has 0 saturated carbocycles. The molecule has 0 atom stereocenters. The molecule has 4 heteroatoms. The molecule has 0 bridgehead atoms. The van der Waals surface area contributed by atoms with Gasteiger partial charge in [0.15, 0.2) is 0 Å². The summed E-state index contributed by atoms with van der Waals surface area (Å²) in [6.07, 6.45) is -0.101. The quantitative estimate of drug-likeness (QED) is 0.789. The Kier molecular flexibility index (Phi) is 3.24. The Morgan fingerprint density at radius 1 is 1.13 bits per heavy atom. The van der Waals surface area contributed by atoms with Crippen molar-refractivity contribution in [3.8, 4) is 0 Å². The second-order valence-electron chi connectivity index (χ2n) is 3.74. The first-order chi connectivity index (χ1) is 7.16. The van der Waals surface area contributed by atoms with E-state index >= 15 is 0 Å². The van der Waals surface area contributed by atoms with Crippen molar-refractivity contribution in [1.29, 1.82) is 0 Å². The van der Waals surface area contributed by atoms with Crippen molar-refractivity contribution in [2.75, 3.05) is 18.0 Å². The van der Waals surface area contributed by atoms with E-state index in [1.165, 1.54) is 6.07 Å². The fraction of sp³-hybridized carbons (Fsp3) is 0.455. The molecule has 0 aliphatic carbocycles. The smallest absolute Gasteiger partial charge is 0.263 e. The minimum atomic E-state index is -2.40. The summed E-state index contributed by atoms with van der Waals surface area (Å²) in [6.45, 7) is 1.94. The Bertz CT molecular complexity index is 348. The van der Waals surface area contributed by atoms with Gasteiger partial charge in [0, 0.05) is 28.8 Å². The van der Waals surface area contributed by atoms with Gasteiger partial charge in [-0.05, 0) is 31.0 Å². The number of rotatable bonds is 2. The first-order valence-corrected chi connectivity index (χ1v) is 5.80. The fourth-order valence-electron chi connectivity index (χ4n) is 1.88. The molecule has 1 nitrogen and oxygen atoms in total. The van der Waals surface area contributed by atoms with Crippen molar-refractivity contribution >= 4 is 21.6 Å². The van der Waals surface area contributed by atoms with Gasteiger partial charge in [0.2, 0.25) is 0 Å². The molecule has 1 aromatic rings. The Labute approximate surface area is 96.2 Å². The van der Waals surface area contributed by atoms with E-state index in [1.54, 1.807) is 6.07 Å². The first kappa shape index (κ1) is 10.9. The second kappa shape index (κ2) is 4.47. The molecular formula is C11H12BrF2N. The molecule has 2 rings (SSSR count). The number of hydrogen-bond donors (Lipinski definition) is 0. The Hall–Kier alpha value is -0.640. The number of halogens is 3. The molecule has 0 unspecified atom stereocenters. The third-order valence-corrected chi connectivity index (χ3v) is 3.09. The van der Waals surface area contributed by atoms with E-state index in [1.807, 2.05) is 6.07 Å². The van der Waals surface area contributed by atoms with Crippen LogP contribution < -0.4 is 4.90 Å². The summed E-state index contributed by atoms with van der Waals surface area (Å²) in [7, 11) is 0. The molecule has 82 valence electrons. The van der Waals surface area contributed by atoms with Crippen LogP contribution in [-0.4, -0.2) is 13.1 Å². The zero-order chi connectivity index (χ0) is 10.8. The number of anilines is 1. The average molecular weight is 276 g/mol. The summed E-state index contributed by atoms with van der Waals surface area (Å²) < 4.78 is 25.9. The van der Waals surface area contributed by atoms with Crippen molar-refractivity contribution in [1.82, 2.24) is 0 Å². The van der Waals surface area contributed by atoms with Crippen LogP contribution >= 0.6 is 15.9 Å². The number of benzene rings is 1. The van der Waals surface area contributed by atoms with Crippen LogP contribution in [0.15, 0.2) is 22.7 Å². The van der Waals surface area contributed by atoms with Crippen molar-refractivity contribution in [2.45, 2.75) is 19.3 Å². The van der Waals surface area contributed by atoms with E-state index in [0.717, 1.165) is 36.1 Å². The van der Waals surface area contributed by atoms with E-state index in [-0.39, 0.29) is 5.56 Å². The van der Waals surface area contributed by atoms with Gasteiger partial charge in [-0.3, -0.25) is 0 Å². The average Bonchev–Trinajstić information content (AvgIpc) is 2.69. The monoisotopic (exact) mass is 275 g/mol. The molecule has 1 saturated heterocycles. The molecule has 0 aromatic heterocycles. The highest BCUT2D eigenvalue weighted by atomic mass is 79.9. The summed E-state index contributed by atoms with van der Waals surface area (Å²) in [6, 6.07) is 4.96. The molecule has 1 aromatic carbocycles. The van der Waals surface area contributed by atoms with Crippen LogP contribution in [0.4, 0.5) is 14.5 Å². The maximum atomic E-state index is 12.6. The van der Waals surface area contributed by atoms with Gasteiger partial charge >= 0.3 is 0 Å². The zero-order valence-electron chi connectivity index (χ0n) is 8.22. The van der Waals surface area contributed by atoms with Crippen LogP contribution in [0, 0.1) is 0 Å². The van der Waals surface area contributed by atoms with Crippen molar-refractivity contribution in [2.24, 2.45) is 0 Å². The summed E-state index contributed by atoms with van der Waals surface area (Å²) in [5.74, 6) is 0. The lowest BCUT2D eigenvalue weighted by molar-refractivity contribution is 0.151.